The monoisotopic (exact) mass is 418 g/mol. The fourth-order valence-corrected chi connectivity index (χ4v) is 3.50. The Labute approximate surface area is 177 Å². The summed E-state index contributed by atoms with van der Waals surface area (Å²) in [7, 11) is 1.60. The number of aliphatic hydroxyl groups is 1. The molecule has 1 heterocycles. The third kappa shape index (κ3) is 6.40. The van der Waals surface area contributed by atoms with Crippen molar-refractivity contribution in [2.24, 2.45) is 0 Å². The van der Waals surface area contributed by atoms with Gasteiger partial charge in [0.2, 0.25) is 0 Å². The molecule has 1 fully saturated rings. The summed E-state index contributed by atoms with van der Waals surface area (Å²) < 4.78 is 30.3. The van der Waals surface area contributed by atoms with E-state index >= 15 is 0 Å². The predicted octanol–water partition coefficient (Wildman–Crippen LogP) is 2.50. The van der Waals surface area contributed by atoms with Gasteiger partial charge in [-0.3, -0.25) is 4.90 Å². The molecule has 0 unspecified atom stereocenters. The number of aryl methyl sites for hydroxylation is 1. The molecule has 0 aliphatic carbocycles. The lowest BCUT2D eigenvalue weighted by Gasteiger charge is -2.28. The highest BCUT2D eigenvalue weighted by Gasteiger charge is 2.17. The second-order valence-electron chi connectivity index (χ2n) is 7.50. The minimum absolute atomic E-state index is 0.174. The van der Waals surface area contributed by atoms with E-state index in [0.717, 1.165) is 29.8 Å². The number of rotatable bonds is 10. The Morgan fingerprint density at radius 2 is 1.93 bits per heavy atom. The third-order valence-electron chi connectivity index (χ3n) is 5.22. The maximum Gasteiger partial charge on any atom is 0.165 e. The van der Waals surface area contributed by atoms with E-state index < -0.39 is 6.10 Å². The normalized spacial score (nSPS) is 15.7. The second-order valence-corrected chi connectivity index (χ2v) is 7.50. The van der Waals surface area contributed by atoms with Crippen molar-refractivity contribution in [1.82, 2.24) is 10.2 Å². The van der Waals surface area contributed by atoms with Crippen molar-refractivity contribution in [3.63, 3.8) is 0 Å². The fourth-order valence-electron chi connectivity index (χ4n) is 3.50. The molecule has 0 aromatic heterocycles. The van der Waals surface area contributed by atoms with Crippen LogP contribution in [0.2, 0.25) is 0 Å². The summed E-state index contributed by atoms with van der Waals surface area (Å²) >= 11 is 0. The average Bonchev–Trinajstić information content (AvgIpc) is 2.75. The highest BCUT2D eigenvalue weighted by Crippen LogP contribution is 2.31. The SMILES string of the molecule is COc1cccc(CNCc2cc(F)ccc2C)c1OC[C@H](O)CN1CCOCC1. The fraction of sp³-hybridized carbons (Fsp3) is 0.478. The summed E-state index contributed by atoms with van der Waals surface area (Å²) in [5, 5.41) is 13.7. The Morgan fingerprint density at radius 3 is 2.70 bits per heavy atom. The first-order valence-corrected chi connectivity index (χ1v) is 10.3. The Bertz CT molecular complexity index is 812. The first-order chi connectivity index (χ1) is 14.6. The van der Waals surface area contributed by atoms with Gasteiger partial charge in [0.1, 0.15) is 18.5 Å². The summed E-state index contributed by atoms with van der Waals surface area (Å²) in [6, 6.07) is 10.5. The van der Waals surface area contributed by atoms with Crippen LogP contribution < -0.4 is 14.8 Å². The molecule has 7 heteroatoms. The molecule has 0 amide bonds. The zero-order chi connectivity index (χ0) is 21.3. The third-order valence-corrected chi connectivity index (χ3v) is 5.22. The zero-order valence-electron chi connectivity index (χ0n) is 17.7. The van der Waals surface area contributed by atoms with Crippen LogP contribution in [0.15, 0.2) is 36.4 Å². The van der Waals surface area contributed by atoms with E-state index in [1.807, 2.05) is 25.1 Å². The number of hydrogen-bond donors (Lipinski definition) is 2. The number of aliphatic hydroxyl groups excluding tert-OH is 1. The molecule has 1 aliphatic heterocycles. The molecule has 3 rings (SSSR count). The van der Waals surface area contributed by atoms with Crippen LogP contribution in [-0.4, -0.2) is 62.7 Å². The molecular formula is C23H31FN2O4. The molecule has 6 nitrogen and oxygen atoms in total. The van der Waals surface area contributed by atoms with Crippen LogP contribution in [0, 0.1) is 12.7 Å². The van der Waals surface area contributed by atoms with Gasteiger partial charge in [0.25, 0.3) is 0 Å². The highest BCUT2D eigenvalue weighted by atomic mass is 19.1. The topological polar surface area (TPSA) is 63.2 Å². The summed E-state index contributed by atoms with van der Waals surface area (Å²) in [5.74, 6) is 0.997. The molecule has 2 aromatic rings. The Balaban J connectivity index is 1.58. The van der Waals surface area contributed by atoms with Crippen molar-refractivity contribution in [3.8, 4) is 11.5 Å². The van der Waals surface area contributed by atoms with Gasteiger partial charge in [-0.05, 0) is 36.2 Å². The number of para-hydroxylation sites is 1. The molecule has 0 saturated carbocycles. The standard InChI is InChI=1S/C23H31FN2O4/c1-17-6-7-20(24)12-19(17)14-25-13-18-4-3-5-22(28-2)23(18)30-16-21(27)15-26-8-10-29-11-9-26/h3-7,12,21,25,27H,8-11,13-16H2,1-2H3/t21-/m1/s1. The molecule has 164 valence electrons. The van der Waals surface area contributed by atoms with Gasteiger partial charge in [0.05, 0.1) is 20.3 Å². The van der Waals surface area contributed by atoms with Gasteiger partial charge in [0, 0.05) is 38.3 Å². The lowest BCUT2D eigenvalue weighted by atomic mass is 10.1. The molecule has 0 spiro atoms. The summed E-state index contributed by atoms with van der Waals surface area (Å²) in [6.45, 7) is 6.79. The van der Waals surface area contributed by atoms with Crippen molar-refractivity contribution >= 4 is 0 Å². The van der Waals surface area contributed by atoms with Crippen molar-refractivity contribution in [2.45, 2.75) is 26.1 Å². The van der Waals surface area contributed by atoms with E-state index in [1.54, 1.807) is 19.2 Å². The number of halogens is 1. The van der Waals surface area contributed by atoms with E-state index in [1.165, 1.54) is 6.07 Å². The molecule has 0 bridgehead atoms. The van der Waals surface area contributed by atoms with E-state index in [2.05, 4.69) is 10.2 Å². The Kier molecular flexibility index (Phi) is 8.45. The van der Waals surface area contributed by atoms with Gasteiger partial charge in [-0.25, -0.2) is 4.39 Å². The number of benzene rings is 2. The molecule has 2 aromatic carbocycles. The maximum absolute atomic E-state index is 13.5. The van der Waals surface area contributed by atoms with Gasteiger partial charge in [-0.2, -0.15) is 0 Å². The van der Waals surface area contributed by atoms with Gasteiger partial charge in [0.15, 0.2) is 11.5 Å². The average molecular weight is 419 g/mol. The quantitative estimate of drug-likeness (QED) is 0.618. The molecule has 1 aliphatic rings. The van der Waals surface area contributed by atoms with Crippen LogP contribution in [0.25, 0.3) is 0 Å². The lowest BCUT2D eigenvalue weighted by molar-refractivity contribution is 0.00436. The molecule has 1 atom stereocenters. The molecule has 0 radical (unpaired) electrons. The van der Waals surface area contributed by atoms with Crippen molar-refractivity contribution < 1.29 is 23.7 Å². The first-order valence-electron chi connectivity index (χ1n) is 10.3. The van der Waals surface area contributed by atoms with Gasteiger partial charge in [-0.1, -0.05) is 18.2 Å². The Morgan fingerprint density at radius 1 is 1.17 bits per heavy atom. The van der Waals surface area contributed by atoms with Gasteiger partial charge < -0.3 is 24.6 Å². The molecular weight excluding hydrogens is 387 g/mol. The minimum atomic E-state index is -0.608. The largest absolute Gasteiger partial charge is 0.493 e. The number of ether oxygens (including phenoxy) is 3. The molecule has 30 heavy (non-hydrogen) atoms. The lowest BCUT2D eigenvalue weighted by Crippen LogP contribution is -2.42. The van der Waals surface area contributed by atoms with Crippen LogP contribution in [0.4, 0.5) is 4.39 Å². The smallest absolute Gasteiger partial charge is 0.165 e. The van der Waals surface area contributed by atoms with Crippen LogP contribution in [-0.2, 0) is 17.8 Å². The van der Waals surface area contributed by atoms with Gasteiger partial charge in [-0.15, -0.1) is 0 Å². The number of hydrogen-bond acceptors (Lipinski definition) is 6. The molecule has 1 saturated heterocycles. The second kappa shape index (κ2) is 11.3. The minimum Gasteiger partial charge on any atom is -0.493 e. The number of nitrogens with one attached hydrogen (secondary N) is 1. The van der Waals surface area contributed by atoms with E-state index in [0.29, 0.717) is 44.3 Å². The van der Waals surface area contributed by atoms with Crippen molar-refractivity contribution in [1.29, 1.82) is 0 Å². The summed E-state index contributed by atoms with van der Waals surface area (Å²) in [4.78, 5) is 2.17. The van der Waals surface area contributed by atoms with Crippen LogP contribution >= 0.6 is 0 Å². The highest BCUT2D eigenvalue weighted by molar-refractivity contribution is 5.46. The maximum atomic E-state index is 13.5. The van der Waals surface area contributed by atoms with E-state index in [-0.39, 0.29) is 12.4 Å². The van der Waals surface area contributed by atoms with Crippen molar-refractivity contribution in [3.05, 3.63) is 58.9 Å². The number of methoxy groups -OCH3 is 1. The number of β-amino-alcohol motifs (C(OH)–C–C–N with tert-alkyl or cyclic N) is 1. The van der Waals surface area contributed by atoms with E-state index in [4.69, 9.17) is 14.2 Å². The number of nitrogens with zero attached hydrogens (tertiary/aromatic N) is 1. The van der Waals surface area contributed by atoms with Gasteiger partial charge >= 0.3 is 0 Å². The predicted molar refractivity (Wildman–Crippen MR) is 113 cm³/mol. The first kappa shape index (κ1) is 22.5. The van der Waals surface area contributed by atoms with Crippen LogP contribution in [0.1, 0.15) is 16.7 Å². The van der Waals surface area contributed by atoms with E-state index in [9.17, 15) is 9.50 Å². The Hall–Kier alpha value is -2.19. The van der Waals surface area contributed by atoms with Crippen LogP contribution in [0.5, 0.6) is 11.5 Å². The number of morpholine rings is 1. The summed E-state index contributed by atoms with van der Waals surface area (Å²) in [5.41, 5.74) is 2.88. The van der Waals surface area contributed by atoms with Crippen LogP contribution in [0.3, 0.4) is 0 Å². The molecule has 2 N–H and O–H groups in total. The zero-order valence-corrected chi connectivity index (χ0v) is 17.7. The van der Waals surface area contributed by atoms with Crippen molar-refractivity contribution in [2.75, 3.05) is 46.6 Å². The summed E-state index contributed by atoms with van der Waals surface area (Å²) in [6.07, 6.45) is -0.608.